The van der Waals surface area contributed by atoms with Gasteiger partial charge in [0.15, 0.2) is 17.8 Å². The Morgan fingerprint density at radius 1 is 1.12 bits per heavy atom. The second kappa shape index (κ2) is 7.73. The number of ether oxygens (including phenoxy) is 2. The number of anilines is 1. The summed E-state index contributed by atoms with van der Waals surface area (Å²) in [5, 5.41) is 9.83. The number of phenols is 1. The van der Waals surface area contributed by atoms with Gasteiger partial charge in [-0.15, -0.1) is 0 Å². The smallest absolute Gasteiger partial charge is 0.168 e. The van der Waals surface area contributed by atoms with Gasteiger partial charge in [0.05, 0.1) is 25.9 Å². The summed E-state index contributed by atoms with van der Waals surface area (Å²) in [5.41, 5.74) is 2.79. The van der Waals surface area contributed by atoms with Crippen LogP contribution >= 0.6 is 0 Å². The number of hydrogen-bond acceptors (Lipinski definition) is 5. The van der Waals surface area contributed by atoms with Crippen molar-refractivity contribution >= 4 is 12.0 Å². The minimum atomic E-state index is -0.169. The highest BCUT2D eigenvalue weighted by atomic mass is 16.5. The number of methoxy groups -OCH3 is 1. The molecule has 0 radical (unpaired) electrons. The summed E-state index contributed by atoms with van der Waals surface area (Å²) >= 11 is 0. The predicted octanol–water partition coefficient (Wildman–Crippen LogP) is 2.45. The number of benzene rings is 2. The van der Waals surface area contributed by atoms with Crippen molar-refractivity contribution in [2.75, 3.05) is 38.3 Å². The number of morpholine rings is 1. The normalized spacial score (nSPS) is 13.7. The van der Waals surface area contributed by atoms with Crippen LogP contribution in [0.4, 0.5) is 5.69 Å². The molecule has 0 bridgehead atoms. The van der Waals surface area contributed by atoms with Crippen molar-refractivity contribution in [2.24, 2.45) is 0 Å². The molecule has 1 aliphatic rings. The zero-order valence-corrected chi connectivity index (χ0v) is 14.0. The molecule has 0 aromatic heterocycles. The molecular weight excluding hydrogens is 318 g/mol. The Kier molecular flexibility index (Phi) is 5.22. The van der Waals surface area contributed by atoms with Crippen LogP contribution in [0.15, 0.2) is 36.4 Å². The number of aldehydes is 1. The van der Waals surface area contributed by atoms with E-state index in [2.05, 4.69) is 16.7 Å². The fraction of sp³-hybridized carbons (Fsp3) is 0.250. The lowest BCUT2D eigenvalue weighted by molar-refractivity contribution is 0.112. The number of nitrogens with zero attached hydrogens (tertiary/aromatic N) is 1. The zero-order valence-electron chi connectivity index (χ0n) is 14.0. The molecule has 5 heteroatoms. The summed E-state index contributed by atoms with van der Waals surface area (Å²) in [5.74, 6) is 6.13. The van der Waals surface area contributed by atoms with Gasteiger partial charge in [0.25, 0.3) is 0 Å². The second-order valence-corrected chi connectivity index (χ2v) is 5.63. The first-order valence-corrected chi connectivity index (χ1v) is 8.02. The molecule has 1 fully saturated rings. The van der Waals surface area contributed by atoms with Crippen LogP contribution in [0.3, 0.4) is 0 Å². The quantitative estimate of drug-likeness (QED) is 0.689. The van der Waals surface area contributed by atoms with Crippen molar-refractivity contribution in [3.8, 4) is 23.3 Å². The Morgan fingerprint density at radius 3 is 2.44 bits per heavy atom. The van der Waals surface area contributed by atoms with Crippen molar-refractivity contribution in [1.82, 2.24) is 0 Å². The lowest BCUT2D eigenvalue weighted by Crippen LogP contribution is -2.36. The second-order valence-electron chi connectivity index (χ2n) is 5.63. The van der Waals surface area contributed by atoms with Gasteiger partial charge >= 0.3 is 0 Å². The molecule has 3 rings (SSSR count). The van der Waals surface area contributed by atoms with E-state index >= 15 is 0 Å². The molecule has 0 unspecified atom stereocenters. The first-order valence-electron chi connectivity index (χ1n) is 8.02. The Labute approximate surface area is 146 Å². The third-order valence-corrected chi connectivity index (χ3v) is 4.05. The summed E-state index contributed by atoms with van der Waals surface area (Å²) in [7, 11) is 1.44. The van der Waals surface area contributed by atoms with Gasteiger partial charge in [-0.3, -0.25) is 4.79 Å². The zero-order chi connectivity index (χ0) is 17.6. The fourth-order valence-electron chi connectivity index (χ4n) is 2.67. The molecule has 1 aliphatic heterocycles. The molecule has 1 heterocycles. The maximum absolute atomic E-state index is 11.0. The number of rotatable bonds is 3. The molecule has 0 amide bonds. The van der Waals surface area contributed by atoms with E-state index in [1.54, 1.807) is 12.1 Å². The van der Waals surface area contributed by atoms with Crippen molar-refractivity contribution in [2.45, 2.75) is 0 Å². The summed E-state index contributed by atoms with van der Waals surface area (Å²) in [4.78, 5) is 13.3. The highest BCUT2D eigenvalue weighted by Gasteiger charge is 2.11. The maximum Gasteiger partial charge on any atom is 0.168 e. The molecule has 5 nitrogen and oxygen atoms in total. The molecule has 0 aliphatic carbocycles. The molecule has 0 saturated carbocycles. The molecule has 2 aromatic rings. The van der Waals surface area contributed by atoms with E-state index in [0.29, 0.717) is 11.8 Å². The lowest BCUT2D eigenvalue weighted by atomic mass is 10.1. The topological polar surface area (TPSA) is 59.0 Å². The lowest BCUT2D eigenvalue weighted by Gasteiger charge is -2.28. The van der Waals surface area contributed by atoms with Gasteiger partial charge in [-0.2, -0.15) is 0 Å². The standard InChI is InChI=1S/C20H19NO4/c1-24-19-13-16(12-17(14-22)20(19)23)3-2-15-4-6-18(7-5-15)21-8-10-25-11-9-21/h4-7,12-14,23H,8-11H2,1H3. The van der Waals surface area contributed by atoms with Crippen LogP contribution < -0.4 is 9.64 Å². The minimum absolute atomic E-state index is 0.159. The number of carbonyl (C=O) groups is 1. The van der Waals surface area contributed by atoms with E-state index in [0.717, 1.165) is 37.6 Å². The fourth-order valence-corrected chi connectivity index (χ4v) is 2.67. The van der Waals surface area contributed by atoms with Crippen LogP contribution in [0.25, 0.3) is 0 Å². The Balaban J connectivity index is 1.80. The molecule has 0 atom stereocenters. The van der Waals surface area contributed by atoms with Gasteiger partial charge in [0, 0.05) is 29.9 Å². The third kappa shape index (κ3) is 3.93. The van der Waals surface area contributed by atoms with E-state index in [-0.39, 0.29) is 17.1 Å². The van der Waals surface area contributed by atoms with E-state index in [1.807, 2.05) is 24.3 Å². The summed E-state index contributed by atoms with van der Waals surface area (Å²) in [6.07, 6.45) is 0.583. The average Bonchev–Trinajstić information content (AvgIpc) is 2.68. The van der Waals surface area contributed by atoms with E-state index in [4.69, 9.17) is 9.47 Å². The van der Waals surface area contributed by atoms with E-state index < -0.39 is 0 Å². The Morgan fingerprint density at radius 2 is 1.80 bits per heavy atom. The van der Waals surface area contributed by atoms with E-state index in [1.165, 1.54) is 7.11 Å². The first-order chi connectivity index (χ1) is 12.2. The largest absolute Gasteiger partial charge is 0.504 e. The van der Waals surface area contributed by atoms with Gasteiger partial charge < -0.3 is 19.5 Å². The van der Waals surface area contributed by atoms with Gasteiger partial charge in [0.2, 0.25) is 0 Å². The highest BCUT2D eigenvalue weighted by molar-refractivity contribution is 5.82. The molecule has 2 aromatic carbocycles. The molecule has 128 valence electrons. The van der Waals surface area contributed by atoms with Crippen molar-refractivity contribution in [3.63, 3.8) is 0 Å². The number of hydrogen-bond donors (Lipinski definition) is 1. The van der Waals surface area contributed by atoms with Gasteiger partial charge in [0.1, 0.15) is 0 Å². The van der Waals surface area contributed by atoms with Gasteiger partial charge in [-0.25, -0.2) is 0 Å². The average molecular weight is 337 g/mol. The van der Waals surface area contributed by atoms with Crippen molar-refractivity contribution in [3.05, 3.63) is 53.1 Å². The summed E-state index contributed by atoms with van der Waals surface area (Å²) in [6, 6.07) is 11.2. The summed E-state index contributed by atoms with van der Waals surface area (Å²) < 4.78 is 10.4. The van der Waals surface area contributed by atoms with Crippen LogP contribution in [-0.2, 0) is 4.74 Å². The van der Waals surface area contributed by atoms with Crippen molar-refractivity contribution in [1.29, 1.82) is 0 Å². The Hall–Kier alpha value is -2.97. The molecule has 1 saturated heterocycles. The molecule has 25 heavy (non-hydrogen) atoms. The van der Waals surface area contributed by atoms with Crippen LogP contribution in [-0.4, -0.2) is 44.8 Å². The SMILES string of the molecule is COc1cc(C#Cc2ccc(N3CCOCC3)cc2)cc(C=O)c1O. The van der Waals surface area contributed by atoms with Crippen LogP contribution in [0.1, 0.15) is 21.5 Å². The number of carbonyl (C=O) groups excluding carboxylic acids is 1. The van der Waals surface area contributed by atoms with Crippen molar-refractivity contribution < 1.29 is 19.4 Å². The molecule has 1 N–H and O–H groups in total. The highest BCUT2D eigenvalue weighted by Crippen LogP contribution is 2.30. The number of phenolic OH excluding ortho intramolecular Hbond substituents is 1. The molecule has 0 spiro atoms. The first kappa shape index (κ1) is 16.9. The monoisotopic (exact) mass is 337 g/mol. The maximum atomic E-state index is 11.0. The van der Waals surface area contributed by atoms with Gasteiger partial charge in [-0.1, -0.05) is 11.8 Å². The third-order valence-electron chi connectivity index (χ3n) is 4.05. The Bertz CT molecular complexity index is 812. The van der Waals surface area contributed by atoms with E-state index in [9.17, 15) is 9.90 Å². The molecular formula is C20H19NO4. The van der Waals surface area contributed by atoms with Crippen LogP contribution in [0, 0.1) is 11.8 Å². The van der Waals surface area contributed by atoms with Crippen LogP contribution in [0.2, 0.25) is 0 Å². The minimum Gasteiger partial charge on any atom is -0.504 e. The number of aromatic hydroxyl groups is 1. The summed E-state index contributed by atoms with van der Waals surface area (Å²) in [6.45, 7) is 3.30. The van der Waals surface area contributed by atoms with Gasteiger partial charge in [-0.05, 0) is 36.4 Å². The van der Waals surface area contributed by atoms with Crippen LogP contribution in [0.5, 0.6) is 11.5 Å². The predicted molar refractivity (Wildman–Crippen MR) is 95.5 cm³/mol.